The summed E-state index contributed by atoms with van der Waals surface area (Å²) in [6.07, 6.45) is 0. The molecule has 1 unspecified atom stereocenters. The number of hydrogen-bond acceptors (Lipinski definition) is 2. The predicted molar refractivity (Wildman–Crippen MR) is 50.3 cm³/mol. The highest BCUT2D eigenvalue weighted by Crippen LogP contribution is 2.28. The molecule has 0 amide bonds. The molecule has 0 saturated heterocycles. The summed E-state index contributed by atoms with van der Waals surface area (Å²) >= 11 is 7.75. The van der Waals surface area contributed by atoms with E-state index in [-0.39, 0.29) is 5.38 Å². The molecule has 0 saturated carbocycles. The number of alkyl halides is 1. The van der Waals surface area contributed by atoms with Gasteiger partial charge in [-0.2, -0.15) is 0 Å². The Bertz CT molecular complexity index is 232. The van der Waals surface area contributed by atoms with Crippen LogP contribution in [-0.4, -0.2) is 4.98 Å². The zero-order valence-corrected chi connectivity index (χ0v) is 8.54. The average Bonchev–Trinajstić information content (AvgIpc) is 2.34. The summed E-state index contributed by atoms with van der Waals surface area (Å²) in [5.74, 6) is 0.457. The monoisotopic (exact) mass is 189 g/mol. The maximum absolute atomic E-state index is 6.10. The zero-order valence-electron chi connectivity index (χ0n) is 6.97. The van der Waals surface area contributed by atoms with Crippen LogP contribution in [0.3, 0.4) is 0 Å². The van der Waals surface area contributed by atoms with Gasteiger partial charge in [0.1, 0.15) is 0 Å². The van der Waals surface area contributed by atoms with E-state index >= 15 is 0 Å². The summed E-state index contributed by atoms with van der Waals surface area (Å²) in [4.78, 5) is 4.32. The highest BCUT2D eigenvalue weighted by atomic mass is 35.5. The number of halogens is 1. The first-order valence-electron chi connectivity index (χ1n) is 3.67. The van der Waals surface area contributed by atoms with Gasteiger partial charge in [0, 0.05) is 5.38 Å². The van der Waals surface area contributed by atoms with Crippen LogP contribution < -0.4 is 0 Å². The first-order valence-corrected chi connectivity index (χ1v) is 4.99. The van der Waals surface area contributed by atoms with Crippen molar-refractivity contribution in [1.82, 2.24) is 4.98 Å². The fourth-order valence-electron chi connectivity index (χ4n) is 0.848. The third-order valence-corrected chi connectivity index (χ3v) is 3.02. The van der Waals surface area contributed by atoms with Gasteiger partial charge >= 0.3 is 0 Å². The van der Waals surface area contributed by atoms with Gasteiger partial charge in [-0.1, -0.05) is 13.8 Å². The summed E-state index contributed by atoms with van der Waals surface area (Å²) in [6, 6.07) is 0. The first kappa shape index (κ1) is 9.01. The van der Waals surface area contributed by atoms with Gasteiger partial charge in [0.15, 0.2) is 0 Å². The molecule has 0 aliphatic rings. The minimum absolute atomic E-state index is 0.0694. The van der Waals surface area contributed by atoms with E-state index < -0.39 is 0 Å². The quantitative estimate of drug-likeness (QED) is 0.650. The van der Waals surface area contributed by atoms with Gasteiger partial charge in [-0.15, -0.1) is 22.9 Å². The van der Waals surface area contributed by atoms with Gasteiger partial charge in [0.2, 0.25) is 0 Å². The molecule has 0 bridgehead atoms. The van der Waals surface area contributed by atoms with E-state index in [9.17, 15) is 0 Å². The molecule has 1 aromatic heterocycles. The van der Waals surface area contributed by atoms with Crippen molar-refractivity contribution >= 4 is 22.9 Å². The fourth-order valence-corrected chi connectivity index (χ4v) is 1.68. The number of aryl methyl sites for hydroxylation is 1. The van der Waals surface area contributed by atoms with Crippen LogP contribution in [-0.2, 0) is 0 Å². The molecule has 62 valence electrons. The van der Waals surface area contributed by atoms with E-state index in [1.807, 2.05) is 12.3 Å². The lowest BCUT2D eigenvalue weighted by Gasteiger charge is -2.09. The number of hydrogen-bond donors (Lipinski definition) is 0. The van der Waals surface area contributed by atoms with E-state index in [2.05, 4.69) is 18.8 Å². The van der Waals surface area contributed by atoms with E-state index in [1.54, 1.807) is 11.3 Å². The molecule has 1 aromatic rings. The Hall–Kier alpha value is -0.0800. The summed E-state index contributed by atoms with van der Waals surface area (Å²) in [5.41, 5.74) is 1.02. The highest BCUT2D eigenvalue weighted by Gasteiger charge is 2.14. The van der Waals surface area contributed by atoms with Crippen molar-refractivity contribution < 1.29 is 0 Å². The smallest absolute Gasteiger partial charge is 0.0897 e. The Morgan fingerprint density at radius 2 is 2.18 bits per heavy atom. The largest absolute Gasteiger partial charge is 0.245 e. The van der Waals surface area contributed by atoms with Crippen LogP contribution >= 0.6 is 22.9 Å². The van der Waals surface area contributed by atoms with E-state index in [4.69, 9.17) is 11.6 Å². The van der Waals surface area contributed by atoms with Crippen LogP contribution in [0.5, 0.6) is 0 Å². The molecule has 0 fully saturated rings. The Morgan fingerprint density at radius 1 is 1.55 bits per heavy atom. The Balaban J connectivity index is 2.76. The van der Waals surface area contributed by atoms with Crippen molar-refractivity contribution in [2.75, 3.05) is 0 Å². The van der Waals surface area contributed by atoms with Gasteiger partial charge in [-0.3, -0.25) is 0 Å². The molecule has 1 heterocycles. The second-order valence-electron chi connectivity index (χ2n) is 2.94. The van der Waals surface area contributed by atoms with Crippen molar-refractivity contribution in [3.63, 3.8) is 0 Å². The summed E-state index contributed by atoms with van der Waals surface area (Å²) < 4.78 is 0. The molecule has 0 aromatic carbocycles. The van der Waals surface area contributed by atoms with E-state index in [0.29, 0.717) is 5.92 Å². The van der Waals surface area contributed by atoms with Crippen LogP contribution in [0.1, 0.15) is 29.9 Å². The van der Waals surface area contributed by atoms with Crippen LogP contribution in [0, 0.1) is 12.8 Å². The number of thiazole rings is 1. The summed E-state index contributed by atoms with van der Waals surface area (Å²) in [6.45, 7) is 6.21. The molecule has 0 aliphatic heterocycles. The average molecular weight is 190 g/mol. The lowest BCUT2D eigenvalue weighted by Crippen LogP contribution is -1.99. The second-order valence-corrected chi connectivity index (χ2v) is 4.47. The Morgan fingerprint density at radius 3 is 2.55 bits per heavy atom. The molecule has 1 rings (SSSR count). The lowest BCUT2D eigenvalue weighted by molar-refractivity contribution is 0.614. The third kappa shape index (κ3) is 2.17. The molecule has 1 atom stereocenters. The maximum Gasteiger partial charge on any atom is 0.0897 e. The minimum Gasteiger partial charge on any atom is -0.245 e. The minimum atomic E-state index is 0.0694. The van der Waals surface area contributed by atoms with Crippen molar-refractivity contribution in [2.45, 2.75) is 26.1 Å². The topological polar surface area (TPSA) is 12.9 Å². The zero-order chi connectivity index (χ0) is 8.43. The molecule has 0 radical (unpaired) electrons. The molecule has 1 nitrogen and oxygen atoms in total. The molecule has 0 N–H and O–H groups in total. The molecule has 0 aliphatic carbocycles. The predicted octanol–water partition coefficient (Wildman–Crippen LogP) is 3.39. The number of nitrogens with zero attached hydrogens (tertiary/aromatic N) is 1. The van der Waals surface area contributed by atoms with Gasteiger partial charge in [-0.25, -0.2) is 4.98 Å². The Kier molecular flexibility index (Phi) is 2.90. The number of rotatable bonds is 2. The van der Waals surface area contributed by atoms with Crippen molar-refractivity contribution in [3.8, 4) is 0 Å². The van der Waals surface area contributed by atoms with E-state index in [1.165, 1.54) is 0 Å². The van der Waals surface area contributed by atoms with Crippen molar-refractivity contribution in [3.05, 3.63) is 16.1 Å². The van der Waals surface area contributed by atoms with Crippen LogP contribution in [0.4, 0.5) is 0 Å². The van der Waals surface area contributed by atoms with Gasteiger partial charge in [0.25, 0.3) is 0 Å². The SMILES string of the molecule is Cc1nc(C(Cl)C(C)C)cs1. The fraction of sp³-hybridized carbons (Fsp3) is 0.625. The summed E-state index contributed by atoms with van der Waals surface area (Å²) in [5, 5.41) is 3.19. The van der Waals surface area contributed by atoms with Crippen LogP contribution in [0.15, 0.2) is 5.38 Å². The molecule has 0 spiro atoms. The van der Waals surface area contributed by atoms with Gasteiger partial charge in [-0.05, 0) is 12.8 Å². The van der Waals surface area contributed by atoms with Crippen LogP contribution in [0.2, 0.25) is 0 Å². The second kappa shape index (κ2) is 3.55. The van der Waals surface area contributed by atoms with Gasteiger partial charge in [0.05, 0.1) is 16.1 Å². The highest BCUT2D eigenvalue weighted by molar-refractivity contribution is 7.09. The molecular weight excluding hydrogens is 178 g/mol. The van der Waals surface area contributed by atoms with Crippen molar-refractivity contribution in [2.24, 2.45) is 5.92 Å². The van der Waals surface area contributed by atoms with Crippen LogP contribution in [0.25, 0.3) is 0 Å². The standard InChI is InChI=1S/C8H12ClNS/c1-5(2)8(9)7-4-11-6(3)10-7/h4-5,8H,1-3H3. The maximum atomic E-state index is 6.10. The third-order valence-electron chi connectivity index (χ3n) is 1.50. The lowest BCUT2D eigenvalue weighted by atomic mass is 10.1. The normalized spacial score (nSPS) is 13.9. The summed E-state index contributed by atoms with van der Waals surface area (Å²) in [7, 11) is 0. The first-order chi connectivity index (χ1) is 5.11. The Labute approximate surface area is 76.4 Å². The van der Waals surface area contributed by atoms with E-state index in [0.717, 1.165) is 10.7 Å². The molecule has 3 heteroatoms. The molecule has 11 heavy (non-hydrogen) atoms. The number of aromatic nitrogens is 1. The molecular formula is C8H12ClNS. The van der Waals surface area contributed by atoms with Crippen molar-refractivity contribution in [1.29, 1.82) is 0 Å². The van der Waals surface area contributed by atoms with Gasteiger partial charge < -0.3 is 0 Å².